The van der Waals surface area contributed by atoms with E-state index in [2.05, 4.69) is 18.9 Å². The maximum atomic E-state index is 12.0. The van der Waals surface area contributed by atoms with Crippen molar-refractivity contribution in [2.75, 3.05) is 33.2 Å². The van der Waals surface area contributed by atoms with Crippen molar-refractivity contribution in [1.29, 1.82) is 0 Å². The summed E-state index contributed by atoms with van der Waals surface area (Å²) in [5.41, 5.74) is 5.91. The van der Waals surface area contributed by atoms with Gasteiger partial charge in [-0.2, -0.15) is 0 Å². The summed E-state index contributed by atoms with van der Waals surface area (Å²) in [5, 5.41) is 0. The van der Waals surface area contributed by atoms with Gasteiger partial charge < -0.3 is 15.5 Å². The molecule has 1 amide bonds. The van der Waals surface area contributed by atoms with E-state index in [1.54, 1.807) is 0 Å². The Kier molecular flexibility index (Phi) is 5.77. The second-order valence-corrected chi connectivity index (χ2v) is 4.73. The summed E-state index contributed by atoms with van der Waals surface area (Å²) in [4.78, 5) is 16.2. The number of nitrogens with two attached hydrogens (primary N) is 1. The van der Waals surface area contributed by atoms with Crippen molar-refractivity contribution in [3.05, 3.63) is 0 Å². The van der Waals surface area contributed by atoms with Crippen molar-refractivity contribution in [2.45, 2.75) is 38.6 Å². The first kappa shape index (κ1) is 13.5. The Balaban J connectivity index is 2.39. The fourth-order valence-electron chi connectivity index (χ4n) is 2.05. The van der Waals surface area contributed by atoms with Gasteiger partial charge in [0.15, 0.2) is 0 Å². The molecule has 94 valence electrons. The van der Waals surface area contributed by atoms with E-state index < -0.39 is 0 Å². The average molecular weight is 227 g/mol. The van der Waals surface area contributed by atoms with Gasteiger partial charge in [0.1, 0.15) is 0 Å². The molecule has 2 N–H and O–H groups in total. The van der Waals surface area contributed by atoms with Gasteiger partial charge in [0, 0.05) is 19.6 Å². The van der Waals surface area contributed by atoms with E-state index in [0.29, 0.717) is 0 Å². The second-order valence-electron chi connectivity index (χ2n) is 4.73. The number of carbonyl (C=O) groups is 1. The minimum Gasteiger partial charge on any atom is -0.340 e. The lowest BCUT2D eigenvalue weighted by Gasteiger charge is -2.24. The van der Waals surface area contributed by atoms with E-state index in [0.717, 1.165) is 51.9 Å². The molecule has 1 fully saturated rings. The van der Waals surface area contributed by atoms with Gasteiger partial charge in [-0.1, -0.05) is 19.8 Å². The number of carbonyl (C=O) groups excluding carboxylic acids is 1. The molecule has 0 aromatic carbocycles. The number of likely N-dealkylation sites (N-methyl/N-ethyl adjacent to an activating group) is 1. The minimum absolute atomic E-state index is 0.142. The monoisotopic (exact) mass is 227 g/mol. The summed E-state index contributed by atoms with van der Waals surface area (Å²) < 4.78 is 0. The zero-order chi connectivity index (χ0) is 12.0. The van der Waals surface area contributed by atoms with Crippen LogP contribution in [0.25, 0.3) is 0 Å². The summed E-state index contributed by atoms with van der Waals surface area (Å²) in [6.07, 6.45) is 4.02. The number of hydrogen-bond donors (Lipinski definition) is 1. The van der Waals surface area contributed by atoms with Crippen LogP contribution in [0.1, 0.15) is 32.6 Å². The highest BCUT2D eigenvalue weighted by atomic mass is 16.2. The van der Waals surface area contributed by atoms with E-state index in [9.17, 15) is 4.79 Å². The van der Waals surface area contributed by atoms with E-state index in [1.807, 2.05) is 4.90 Å². The molecule has 1 heterocycles. The standard InChI is InChI=1S/C12H25N3O/c1-3-4-6-11(13)12(16)15-8-5-7-14(2)9-10-15/h11H,3-10,13H2,1-2H3. The van der Waals surface area contributed by atoms with Gasteiger partial charge in [0.05, 0.1) is 6.04 Å². The van der Waals surface area contributed by atoms with Gasteiger partial charge in [-0.3, -0.25) is 4.79 Å². The molecule has 1 unspecified atom stereocenters. The summed E-state index contributed by atoms with van der Waals surface area (Å²) in [5.74, 6) is 0.142. The van der Waals surface area contributed by atoms with E-state index in [1.165, 1.54) is 0 Å². The molecule has 1 atom stereocenters. The van der Waals surface area contributed by atoms with E-state index >= 15 is 0 Å². The van der Waals surface area contributed by atoms with Gasteiger partial charge in [0.2, 0.25) is 5.91 Å². The Morgan fingerprint density at radius 1 is 1.31 bits per heavy atom. The van der Waals surface area contributed by atoms with Crippen LogP contribution in [0.15, 0.2) is 0 Å². The van der Waals surface area contributed by atoms with Crippen LogP contribution in [0.4, 0.5) is 0 Å². The fourth-order valence-corrected chi connectivity index (χ4v) is 2.05. The molecule has 0 aliphatic carbocycles. The largest absolute Gasteiger partial charge is 0.340 e. The molecule has 0 aromatic heterocycles. The fraction of sp³-hybridized carbons (Fsp3) is 0.917. The predicted octanol–water partition coefficient (Wildman–Crippen LogP) is 0.668. The molecule has 1 aliphatic rings. The van der Waals surface area contributed by atoms with Crippen LogP contribution in [-0.4, -0.2) is 55.0 Å². The zero-order valence-electron chi connectivity index (χ0n) is 10.6. The molecule has 0 aromatic rings. The van der Waals surface area contributed by atoms with Gasteiger partial charge in [-0.05, 0) is 26.4 Å². The van der Waals surface area contributed by atoms with E-state index in [-0.39, 0.29) is 11.9 Å². The highest BCUT2D eigenvalue weighted by Gasteiger charge is 2.22. The maximum Gasteiger partial charge on any atom is 0.239 e. The lowest BCUT2D eigenvalue weighted by molar-refractivity contribution is -0.132. The van der Waals surface area contributed by atoms with Crippen molar-refractivity contribution in [1.82, 2.24) is 9.80 Å². The zero-order valence-corrected chi connectivity index (χ0v) is 10.6. The molecule has 16 heavy (non-hydrogen) atoms. The first-order valence-electron chi connectivity index (χ1n) is 6.38. The number of unbranched alkanes of at least 4 members (excludes halogenated alkanes) is 1. The highest BCUT2D eigenvalue weighted by molar-refractivity contribution is 5.81. The third-order valence-corrected chi connectivity index (χ3v) is 3.22. The summed E-state index contributed by atoms with van der Waals surface area (Å²) in [7, 11) is 2.10. The quantitative estimate of drug-likeness (QED) is 0.768. The summed E-state index contributed by atoms with van der Waals surface area (Å²) >= 11 is 0. The third kappa shape index (κ3) is 4.10. The van der Waals surface area contributed by atoms with Crippen LogP contribution < -0.4 is 5.73 Å². The van der Waals surface area contributed by atoms with Gasteiger partial charge >= 0.3 is 0 Å². The number of amides is 1. The molecule has 0 radical (unpaired) electrons. The van der Waals surface area contributed by atoms with Crippen LogP contribution in [-0.2, 0) is 4.79 Å². The van der Waals surface area contributed by atoms with Crippen LogP contribution in [0.3, 0.4) is 0 Å². The number of rotatable bonds is 4. The first-order chi connectivity index (χ1) is 7.65. The molecular formula is C12H25N3O. The average Bonchev–Trinajstić information content (AvgIpc) is 2.50. The Labute approximate surface area is 98.8 Å². The second kappa shape index (κ2) is 6.86. The van der Waals surface area contributed by atoms with Crippen molar-refractivity contribution in [3.8, 4) is 0 Å². The van der Waals surface area contributed by atoms with Crippen molar-refractivity contribution >= 4 is 5.91 Å². The Bertz CT molecular complexity index is 220. The molecule has 1 saturated heterocycles. The Morgan fingerprint density at radius 2 is 2.06 bits per heavy atom. The SMILES string of the molecule is CCCCC(N)C(=O)N1CCCN(C)CC1. The Hall–Kier alpha value is -0.610. The molecular weight excluding hydrogens is 202 g/mol. The number of nitrogens with zero attached hydrogens (tertiary/aromatic N) is 2. The topological polar surface area (TPSA) is 49.6 Å². The van der Waals surface area contributed by atoms with Gasteiger partial charge in [-0.15, -0.1) is 0 Å². The minimum atomic E-state index is -0.289. The van der Waals surface area contributed by atoms with Crippen LogP contribution in [0.5, 0.6) is 0 Å². The maximum absolute atomic E-state index is 12.0. The smallest absolute Gasteiger partial charge is 0.239 e. The predicted molar refractivity (Wildman–Crippen MR) is 66.2 cm³/mol. The summed E-state index contributed by atoms with van der Waals surface area (Å²) in [6.45, 7) is 5.86. The molecule has 1 rings (SSSR count). The summed E-state index contributed by atoms with van der Waals surface area (Å²) in [6, 6.07) is -0.289. The molecule has 1 aliphatic heterocycles. The van der Waals surface area contributed by atoms with E-state index in [4.69, 9.17) is 5.73 Å². The van der Waals surface area contributed by atoms with Crippen molar-refractivity contribution in [3.63, 3.8) is 0 Å². The molecule has 4 nitrogen and oxygen atoms in total. The molecule has 0 spiro atoms. The lowest BCUT2D eigenvalue weighted by atomic mass is 10.1. The molecule has 0 saturated carbocycles. The van der Waals surface area contributed by atoms with Gasteiger partial charge in [-0.25, -0.2) is 0 Å². The highest BCUT2D eigenvalue weighted by Crippen LogP contribution is 2.06. The molecule has 0 bridgehead atoms. The van der Waals surface area contributed by atoms with Crippen molar-refractivity contribution in [2.24, 2.45) is 5.73 Å². The van der Waals surface area contributed by atoms with Gasteiger partial charge in [0.25, 0.3) is 0 Å². The first-order valence-corrected chi connectivity index (χ1v) is 6.38. The lowest BCUT2D eigenvalue weighted by Crippen LogP contribution is -2.45. The normalized spacial score (nSPS) is 20.6. The third-order valence-electron chi connectivity index (χ3n) is 3.22. The van der Waals surface area contributed by atoms with Crippen LogP contribution in [0.2, 0.25) is 0 Å². The van der Waals surface area contributed by atoms with Crippen LogP contribution >= 0.6 is 0 Å². The number of hydrogen-bond acceptors (Lipinski definition) is 3. The van der Waals surface area contributed by atoms with Crippen molar-refractivity contribution < 1.29 is 4.79 Å². The van der Waals surface area contributed by atoms with Crippen LogP contribution in [0, 0.1) is 0 Å². The molecule has 4 heteroatoms. The Morgan fingerprint density at radius 3 is 2.75 bits per heavy atom.